The van der Waals surface area contributed by atoms with Crippen LogP contribution in [0.25, 0.3) is 0 Å². The van der Waals surface area contributed by atoms with Gasteiger partial charge in [0.15, 0.2) is 0 Å². The Kier molecular flexibility index (Phi) is 4.94. The molecular weight excluding hydrogens is 77.8 g/mol. The van der Waals surface area contributed by atoms with Gasteiger partial charge in [0.05, 0.1) is 0 Å². The lowest BCUT2D eigenvalue weighted by Crippen LogP contribution is -1.79. The number of rotatable bonds is 2. The lowest BCUT2D eigenvalue weighted by molar-refractivity contribution is 2.02. The van der Waals surface area contributed by atoms with Crippen molar-refractivity contribution in [3.05, 3.63) is 0 Å². The minimum Gasteiger partial charge on any atom is -0.133 e. The van der Waals surface area contributed by atoms with Crippen LogP contribution in [0.1, 0.15) is 0 Å². The van der Waals surface area contributed by atoms with E-state index in [1.165, 1.54) is 13.3 Å². The molecule has 0 bridgehead atoms. The summed E-state index contributed by atoms with van der Waals surface area (Å²) in [6, 6.07) is 1.42. The van der Waals surface area contributed by atoms with Crippen molar-refractivity contribution in [3.8, 4) is 0 Å². The summed E-state index contributed by atoms with van der Waals surface area (Å²) in [5.74, 6) is 0. The van der Waals surface area contributed by atoms with Crippen LogP contribution in [0.4, 0.5) is 0 Å². The molecule has 1 unspecified atom stereocenters. The van der Waals surface area contributed by atoms with Crippen molar-refractivity contribution in [3.63, 3.8) is 0 Å². The molecule has 0 aliphatic heterocycles. The minimum atomic E-state index is 1.16. The van der Waals surface area contributed by atoms with Crippen LogP contribution in [0.15, 0.2) is 0 Å². The fourth-order valence-corrected chi connectivity index (χ4v) is 0.750. The highest BCUT2D eigenvalue weighted by atomic mass is 31.1. The minimum absolute atomic E-state index is 1.16. The Balaban J connectivity index is 2.19. The van der Waals surface area contributed by atoms with Gasteiger partial charge < -0.3 is 0 Å². The lowest BCUT2D eigenvalue weighted by Gasteiger charge is -1.77. The molecule has 0 nitrogen and oxygen atoms in total. The van der Waals surface area contributed by atoms with E-state index in [1.807, 2.05) is 0 Å². The first kappa shape index (κ1) is 5.49. The van der Waals surface area contributed by atoms with Crippen LogP contribution in [0.3, 0.4) is 0 Å². The fraction of sp³-hybridized carbons (Fsp3) is 1.00. The van der Waals surface area contributed by atoms with Gasteiger partial charge in [0.2, 0.25) is 0 Å². The van der Waals surface area contributed by atoms with Crippen LogP contribution in [-0.4, -0.2) is 20.0 Å². The third kappa shape index (κ3) is 4.49. The molecule has 0 N–H and O–H groups in total. The predicted octanol–water partition coefficient (Wildman–Crippen LogP) is 0.737. The molecule has 0 amide bonds. The van der Waals surface area contributed by atoms with Gasteiger partial charge in [-0.3, -0.25) is 0 Å². The van der Waals surface area contributed by atoms with Gasteiger partial charge in [0.1, 0.15) is 7.28 Å². The van der Waals surface area contributed by atoms with Crippen LogP contribution >= 0.6 is 8.58 Å². The molecule has 0 saturated carbocycles. The standard InChI is InChI=1S/C3H10BP/c1-4-3-5-2/h4-5H,3H2,1-2H3. The number of hydrogen-bond donors (Lipinski definition) is 0. The van der Waals surface area contributed by atoms with Crippen molar-refractivity contribution in [1.82, 2.24) is 0 Å². The van der Waals surface area contributed by atoms with Gasteiger partial charge in [-0.25, -0.2) is 0 Å². The van der Waals surface area contributed by atoms with Crippen LogP contribution in [0.2, 0.25) is 6.82 Å². The fourth-order valence-electron chi connectivity index (χ4n) is 0.250. The maximum atomic E-state index is 2.24. The second kappa shape index (κ2) is 4.49. The topological polar surface area (TPSA) is 0 Å². The Labute approximate surface area is 36.4 Å². The van der Waals surface area contributed by atoms with Gasteiger partial charge in [0.25, 0.3) is 0 Å². The van der Waals surface area contributed by atoms with E-state index in [9.17, 15) is 0 Å². The zero-order chi connectivity index (χ0) is 4.12. The van der Waals surface area contributed by atoms with Gasteiger partial charge in [-0.05, 0) is 6.66 Å². The molecule has 0 aliphatic carbocycles. The zero-order valence-corrected chi connectivity index (χ0v) is 4.91. The van der Waals surface area contributed by atoms with Crippen LogP contribution < -0.4 is 0 Å². The average molecular weight is 87.9 g/mol. The van der Waals surface area contributed by atoms with E-state index in [4.69, 9.17) is 0 Å². The summed E-state index contributed by atoms with van der Waals surface area (Å²) in [5.41, 5.74) is 0. The molecule has 0 spiro atoms. The Bertz CT molecular complexity index is 14.4. The van der Waals surface area contributed by atoms with E-state index in [2.05, 4.69) is 13.5 Å². The Morgan fingerprint density at radius 1 is 1.80 bits per heavy atom. The monoisotopic (exact) mass is 88.1 g/mol. The number of hydrogen-bond acceptors (Lipinski definition) is 0. The van der Waals surface area contributed by atoms with Crippen molar-refractivity contribution in [2.45, 2.75) is 6.82 Å². The molecular formula is C3H10BP. The zero-order valence-electron chi connectivity index (χ0n) is 3.91. The van der Waals surface area contributed by atoms with E-state index in [1.54, 1.807) is 0 Å². The predicted molar refractivity (Wildman–Crippen MR) is 32.1 cm³/mol. The smallest absolute Gasteiger partial charge is 0.122 e. The van der Waals surface area contributed by atoms with Gasteiger partial charge in [0, 0.05) is 0 Å². The molecule has 0 aromatic heterocycles. The van der Waals surface area contributed by atoms with Gasteiger partial charge >= 0.3 is 0 Å². The molecule has 1 atom stereocenters. The molecule has 0 aromatic rings. The van der Waals surface area contributed by atoms with E-state index in [0.29, 0.717) is 0 Å². The van der Waals surface area contributed by atoms with Crippen molar-refractivity contribution in [2.24, 2.45) is 0 Å². The maximum Gasteiger partial charge on any atom is 0.122 e. The van der Waals surface area contributed by atoms with Crippen molar-refractivity contribution >= 4 is 15.9 Å². The van der Waals surface area contributed by atoms with E-state index >= 15 is 0 Å². The highest BCUT2D eigenvalue weighted by Gasteiger charge is 1.71. The van der Waals surface area contributed by atoms with Crippen molar-refractivity contribution in [2.75, 3.05) is 12.7 Å². The van der Waals surface area contributed by atoms with Gasteiger partial charge in [-0.1, -0.05) is 12.9 Å². The lowest BCUT2D eigenvalue weighted by atomic mass is 9.87. The molecule has 0 heterocycles. The molecule has 0 fully saturated rings. The summed E-state index contributed by atoms with van der Waals surface area (Å²) in [4.78, 5) is 0. The average Bonchev–Trinajstić information content (AvgIpc) is 1.41. The first-order chi connectivity index (χ1) is 2.41. The summed E-state index contributed by atoms with van der Waals surface area (Å²) >= 11 is 0. The van der Waals surface area contributed by atoms with Crippen LogP contribution in [-0.2, 0) is 0 Å². The van der Waals surface area contributed by atoms with Crippen LogP contribution in [0.5, 0.6) is 0 Å². The third-order valence-electron chi connectivity index (χ3n) is 0.500. The summed E-state index contributed by atoms with van der Waals surface area (Å²) in [7, 11) is 2.51. The summed E-state index contributed by atoms with van der Waals surface area (Å²) in [6.45, 7) is 4.46. The SMILES string of the molecule is CBCPC. The summed E-state index contributed by atoms with van der Waals surface area (Å²) in [6.07, 6.45) is 0. The van der Waals surface area contributed by atoms with Gasteiger partial charge in [-0.15, -0.1) is 8.58 Å². The highest BCUT2D eigenvalue weighted by molar-refractivity contribution is 7.39. The Morgan fingerprint density at radius 2 is 2.40 bits per heavy atom. The molecule has 0 aromatic carbocycles. The second-order valence-corrected chi connectivity index (χ2v) is 2.31. The van der Waals surface area contributed by atoms with E-state index in [-0.39, 0.29) is 0 Å². The van der Waals surface area contributed by atoms with Gasteiger partial charge in [-0.2, -0.15) is 0 Å². The van der Waals surface area contributed by atoms with E-state index in [0.717, 1.165) is 8.58 Å². The second-order valence-electron chi connectivity index (χ2n) is 1.10. The molecule has 0 radical (unpaired) electrons. The first-order valence-electron chi connectivity index (χ1n) is 2.06. The Morgan fingerprint density at radius 3 is 2.40 bits per heavy atom. The normalized spacial score (nSPS) is 10.0. The molecule has 5 heavy (non-hydrogen) atoms. The summed E-state index contributed by atoms with van der Waals surface area (Å²) < 4.78 is 0. The highest BCUT2D eigenvalue weighted by Crippen LogP contribution is 1.96. The third-order valence-corrected chi connectivity index (χ3v) is 1.50. The van der Waals surface area contributed by atoms with Crippen molar-refractivity contribution in [1.29, 1.82) is 0 Å². The van der Waals surface area contributed by atoms with E-state index < -0.39 is 0 Å². The van der Waals surface area contributed by atoms with Crippen molar-refractivity contribution < 1.29 is 0 Å². The van der Waals surface area contributed by atoms with Crippen LogP contribution in [0, 0.1) is 0 Å². The molecule has 0 rings (SSSR count). The summed E-state index contributed by atoms with van der Waals surface area (Å²) in [5, 5.41) is 0. The first-order valence-corrected chi connectivity index (χ1v) is 3.77. The quantitative estimate of drug-likeness (QED) is 0.345. The molecule has 0 saturated heterocycles. The maximum absolute atomic E-state index is 2.24. The largest absolute Gasteiger partial charge is 0.133 e. The molecule has 0 aliphatic rings. The Hall–Kier alpha value is 0.495. The molecule has 30 valence electrons. The molecule has 2 heteroatoms.